The molecule has 0 aliphatic carbocycles. The van der Waals surface area contributed by atoms with Crippen molar-refractivity contribution in [2.75, 3.05) is 18.8 Å². The minimum Gasteiger partial charge on any atom is -0.316 e. The van der Waals surface area contributed by atoms with Crippen LogP contribution in [0.4, 0.5) is 0 Å². The van der Waals surface area contributed by atoms with Gasteiger partial charge in [0.25, 0.3) is 0 Å². The van der Waals surface area contributed by atoms with Gasteiger partial charge in [-0.05, 0) is 54.2 Å². The SMILES string of the molecule is CC(C)(C)c1ccc2c(c1)C1(CCCS2)CCNC1. The number of benzene rings is 1. The van der Waals surface area contributed by atoms with Crippen molar-refractivity contribution < 1.29 is 0 Å². The molecule has 104 valence electrons. The summed E-state index contributed by atoms with van der Waals surface area (Å²) in [5.41, 5.74) is 3.78. The van der Waals surface area contributed by atoms with Gasteiger partial charge in [-0.1, -0.05) is 32.9 Å². The highest BCUT2D eigenvalue weighted by Crippen LogP contribution is 2.45. The minimum atomic E-state index is 0.249. The molecule has 0 amide bonds. The van der Waals surface area contributed by atoms with E-state index in [1.165, 1.54) is 48.6 Å². The molecule has 19 heavy (non-hydrogen) atoms. The Morgan fingerprint density at radius 1 is 1.21 bits per heavy atom. The van der Waals surface area contributed by atoms with E-state index in [0.29, 0.717) is 5.41 Å². The van der Waals surface area contributed by atoms with Crippen LogP contribution < -0.4 is 5.32 Å². The van der Waals surface area contributed by atoms with Crippen molar-refractivity contribution in [3.63, 3.8) is 0 Å². The van der Waals surface area contributed by atoms with Crippen LogP contribution in [0.25, 0.3) is 0 Å². The second-order valence-corrected chi connectivity index (χ2v) is 8.26. The monoisotopic (exact) mass is 275 g/mol. The fourth-order valence-electron chi connectivity index (χ4n) is 3.45. The Hall–Kier alpha value is -0.470. The van der Waals surface area contributed by atoms with Gasteiger partial charge < -0.3 is 5.32 Å². The number of nitrogens with one attached hydrogen (secondary N) is 1. The molecule has 2 heterocycles. The molecular weight excluding hydrogens is 250 g/mol. The lowest BCUT2D eigenvalue weighted by Gasteiger charge is -2.31. The van der Waals surface area contributed by atoms with Crippen LogP contribution in [0, 0.1) is 0 Å². The van der Waals surface area contributed by atoms with Crippen molar-refractivity contribution in [2.45, 2.75) is 55.8 Å². The fraction of sp³-hybridized carbons (Fsp3) is 0.647. The van der Waals surface area contributed by atoms with Gasteiger partial charge in [0.15, 0.2) is 0 Å². The zero-order valence-corrected chi connectivity index (χ0v) is 13.2. The predicted octanol–water partition coefficient (Wildman–Crippen LogP) is 4.10. The highest BCUT2D eigenvalue weighted by molar-refractivity contribution is 7.99. The minimum absolute atomic E-state index is 0.249. The molecule has 1 saturated heterocycles. The number of hydrogen-bond acceptors (Lipinski definition) is 2. The summed E-state index contributed by atoms with van der Waals surface area (Å²) in [6.45, 7) is 9.31. The topological polar surface area (TPSA) is 12.0 Å². The normalized spacial score (nSPS) is 27.3. The zero-order chi connectivity index (χ0) is 13.5. The Morgan fingerprint density at radius 3 is 2.74 bits per heavy atom. The molecule has 1 N–H and O–H groups in total. The summed E-state index contributed by atoms with van der Waals surface area (Å²) in [6.07, 6.45) is 4.02. The quantitative estimate of drug-likeness (QED) is 0.765. The van der Waals surface area contributed by atoms with Crippen molar-refractivity contribution in [1.29, 1.82) is 0 Å². The van der Waals surface area contributed by atoms with Crippen LogP contribution in [0.1, 0.15) is 51.2 Å². The summed E-state index contributed by atoms with van der Waals surface area (Å²) in [5.74, 6) is 1.28. The molecule has 0 bridgehead atoms. The van der Waals surface area contributed by atoms with Gasteiger partial charge in [-0.2, -0.15) is 0 Å². The van der Waals surface area contributed by atoms with E-state index in [-0.39, 0.29) is 5.41 Å². The van der Waals surface area contributed by atoms with Gasteiger partial charge >= 0.3 is 0 Å². The van der Waals surface area contributed by atoms with Crippen molar-refractivity contribution in [2.24, 2.45) is 0 Å². The van der Waals surface area contributed by atoms with Crippen LogP contribution in [0.3, 0.4) is 0 Å². The summed E-state index contributed by atoms with van der Waals surface area (Å²) < 4.78 is 0. The molecule has 1 nitrogen and oxygen atoms in total. The number of fused-ring (bicyclic) bond motifs is 2. The highest BCUT2D eigenvalue weighted by atomic mass is 32.2. The van der Waals surface area contributed by atoms with Gasteiger partial charge in [-0.25, -0.2) is 0 Å². The maximum absolute atomic E-state index is 3.60. The van der Waals surface area contributed by atoms with Crippen LogP contribution in [0.5, 0.6) is 0 Å². The number of hydrogen-bond donors (Lipinski definition) is 1. The first-order valence-electron chi connectivity index (χ1n) is 7.50. The Bertz CT molecular complexity index is 467. The van der Waals surface area contributed by atoms with E-state index in [4.69, 9.17) is 0 Å². The fourth-order valence-corrected chi connectivity index (χ4v) is 4.55. The van der Waals surface area contributed by atoms with Gasteiger partial charge in [0, 0.05) is 16.9 Å². The Morgan fingerprint density at radius 2 is 2.05 bits per heavy atom. The maximum Gasteiger partial charge on any atom is 0.0110 e. The lowest BCUT2D eigenvalue weighted by atomic mass is 9.74. The average Bonchev–Trinajstić information content (AvgIpc) is 2.75. The Balaban J connectivity index is 2.10. The first kappa shape index (κ1) is 13.5. The van der Waals surface area contributed by atoms with Crippen LogP contribution in [-0.4, -0.2) is 18.8 Å². The predicted molar refractivity (Wildman–Crippen MR) is 84.3 cm³/mol. The summed E-state index contributed by atoms with van der Waals surface area (Å²) in [4.78, 5) is 1.54. The molecule has 0 saturated carbocycles. The molecule has 1 aromatic rings. The molecule has 2 aliphatic rings. The number of rotatable bonds is 0. The van der Waals surface area contributed by atoms with Gasteiger partial charge in [-0.15, -0.1) is 11.8 Å². The zero-order valence-electron chi connectivity index (χ0n) is 12.4. The van der Waals surface area contributed by atoms with E-state index >= 15 is 0 Å². The van der Waals surface area contributed by atoms with Crippen molar-refractivity contribution >= 4 is 11.8 Å². The van der Waals surface area contributed by atoms with E-state index < -0.39 is 0 Å². The summed E-state index contributed by atoms with van der Waals surface area (Å²) in [7, 11) is 0. The summed E-state index contributed by atoms with van der Waals surface area (Å²) >= 11 is 2.06. The Labute approximate surface area is 121 Å². The van der Waals surface area contributed by atoms with Crippen molar-refractivity contribution in [3.8, 4) is 0 Å². The molecule has 0 aromatic heterocycles. The summed E-state index contributed by atoms with van der Waals surface area (Å²) in [5, 5.41) is 3.60. The van der Waals surface area contributed by atoms with E-state index in [2.05, 4.69) is 56.0 Å². The molecular formula is C17H25NS. The molecule has 2 aliphatic heterocycles. The van der Waals surface area contributed by atoms with Gasteiger partial charge in [0.1, 0.15) is 0 Å². The van der Waals surface area contributed by atoms with Crippen molar-refractivity contribution in [3.05, 3.63) is 29.3 Å². The molecule has 1 atom stereocenters. The van der Waals surface area contributed by atoms with Gasteiger partial charge in [0.05, 0.1) is 0 Å². The second kappa shape index (κ2) is 4.82. The third kappa shape index (κ3) is 2.45. The molecule has 0 radical (unpaired) electrons. The second-order valence-electron chi connectivity index (χ2n) is 7.12. The number of thioether (sulfide) groups is 1. The van der Waals surface area contributed by atoms with Gasteiger partial charge in [-0.3, -0.25) is 0 Å². The third-order valence-corrected chi connectivity index (χ3v) is 5.88. The molecule has 1 unspecified atom stereocenters. The van der Waals surface area contributed by atoms with E-state index in [1.807, 2.05) is 0 Å². The molecule has 2 heteroatoms. The first-order valence-corrected chi connectivity index (χ1v) is 8.48. The van der Waals surface area contributed by atoms with E-state index in [0.717, 1.165) is 0 Å². The van der Waals surface area contributed by atoms with Crippen LogP contribution in [0.15, 0.2) is 23.1 Å². The standard InChI is InChI=1S/C17H25NS/c1-16(2,3)13-5-6-15-14(11-13)17(7-4-10-19-15)8-9-18-12-17/h5-6,11,18H,4,7-10,12H2,1-3H3. The first-order chi connectivity index (χ1) is 9.01. The summed E-state index contributed by atoms with van der Waals surface area (Å²) in [6, 6.07) is 7.24. The molecule has 3 rings (SSSR count). The van der Waals surface area contributed by atoms with E-state index in [9.17, 15) is 0 Å². The van der Waals surface area contributed by atoms with Gasteiger partial charge in [0.2, 0.25) is 0 Å². The molecule has 1 aromatic carbocycles. The average molecular weight is 275 g/mol. The third-order valence-electron chi connectivity index (χ3n) is 4.72. The van der Waals surface area contributed by atoms with E-state index in [1.54, 1.807) is 5.56 Å². The van der Waals surface area contributed by atoms with Crippen LogP contribution >= 0.6 is 11.8 Å². The smallest absolute Gasteiger partial charge is 0.0110 e. The van der Waals surface area contributed by atoms with Crippen molar-refractivity contribution in [1.82, 2.24) is 5.32 Å². The van der Waals surface area contributed by atoms with Crippen LogP contribution in [0.2, 0.25) is 0 Å². The lowest BCUT2D eigenvalue weighted by molar-refractivity contribution is 0.424. The van der Waals surface area contributed by atoms with Crippen LogP contribution in [-0.2, 0) is 10.8 Å². The highest BCUT2D eigenvalue weighted by Gasteiger charge is 2.38. The molecule has 1 spiro atoms. The molecule has 1 fully saturated rings. The lowest BCUT2D eigenvalue weighted by Crippen LogP contribution is -2.29. The largest absolute Gasteiger partial charge is 0.316 e. The Kier molecular flexibility index (Phi) is 3.43. The maximum atomic E-state index is 3.60.